The van der Waals surface area contributed by atoms with Crippen LogP contribution >= 0.6 is 11.3 Å². The zero-order valence-electron chi connectivity index (χ0n) is 11.5. The minimum Gasteiger partial charge on any atom is -0.493 e. The molecule has 0 amide bonds. The molecule has 0 aliphatic carbocycles. The molecular weight excluding hydrogens is 270 g/mol. The fraction of sp³-hybridized carbons (Fsp3) is 0.375. The van der Waals surface area contributed by atoms with Gasteiger partial charge in [0.15, 0.2) is 0 Å². The van der Waals surface area contributed by atoms with Crippen molar-refractivity contribution in [3.63, 3.8) is 0 Å². The standard InChI is InChI=1S/C16H17NO2S/c1-2-3-13(18)9-16-17-14(10-20-16)11-4-5-15-12(8-11)6-7-19-15/h4-5,8,10H,2-3,6-7,9H2,1H3. The molecule has 3 rings (SSSR count). The lowest BCUT2D eigenvalue weighted by atomic mass is 10.1. The molecule has 0 radical (unpaired) electrons. The van der Waals surface area contributed by atoms with Gasteiger partial charge in [0.25, 0.3) is 0 Å². The van der Waals surface area contributed by atoms with Crippen LogP contribution in [0.5, 0.6) is 5.75 Å². The lowest BCUT2D eigenvalue weighted by molar-refractivity contribution is -0.118. The summed E-state index contributed by atoms with van der Waals surface area (Å²) in [5.41, 5.74) is 3.32. The molecule has 0 unspecified atom stereocenters. The highest BCUT2D eigenvalue weighted by molar-refractivity contribution is 7.10. The van der Waals surface area contributed by atoms with Crippen LogP contribution in [0, 0.1) is 0 Å². The largest absolute Gasteiger partial charge is 0.493 e. The fourth-order valence-corrected chi connectivity index (χ4v) is 3.24. The Morgan fingerprint density at radius 2 is 2.35 bits per heavy atom. The van der Waals surface area contributed by atoms with Gasteiger partial charge in [-0.2, -0.15) is 0 Å². The van der Waals surface area contributed by atoms with E-state index in [1.807, 2.05) is 24.4 Å². The molecule has 2 heterocycles. The predicted octanol–water partition coefficient (Wildman–Crippen LogP) is 3.66. The Bertz CT molecular complexity index is 633. The molecule has 1 aliphatic rings. The van der Waals surface area contributed by atoms with E-state index in [1.165, 1.54) is 5.56 Å². The quantitative estimate of drug-likeness (QED) is 0.842. The number of thiazole rings is 1. The molecule has 0 spiro atoms. The van der Waals surface area contributed by atoms with E-state index in [4.69, 9.17) is 4.74 Å². The van der Waals surface area contributed by atoms with E-state index in [0.717, 1.165) is 41.5 Å². The van der Waals surface area contributed by atoms with E-state index in [9.17, 15) is 4.79 Å². The zero-order valence-corrected chi connectivity index (χ0v) is 12.3. The lowest BCUT2D eigenvalue weighted by Crippen LogP contribution is -2.01. The Balaban J connectivity index is 1.78. The van der Waals surface area contributed by atoms with Gasteiger partial charge in [0, 0.05) is 23.8 Å². The summed E-state index contributed by atoms with van der Waals surface area (Å²) in [5.74, 6) is 1.26. The summed E-state index contributed by atoms with van der Waals surface area (Å²) in [6, 6.07) is 6.20. The number of aromatic nitrogens is 1. The molecule has 0 N–H and O–H groups in total. The fourth-order valence-electron chi connectivity index (χ4n) is 2.41. The van der Waals surface area contributed by atoms with E-state index >= 15 is 0 Å². The van der Waals surface area contributed by atoms with Crippen LogP contribution in [0.4, 0.5) is 0 Å². The normalized spacial score (nSPS) is 13.1. The molecule has 0 saturated heterocycles. The zero-order chi connectivity index (χ0) is 13.9. The second-order valence-corrected chi connectivity index (χ2v) is 5.96. The van der Waals surface area contributed by atoms with Crippen molar-refractivity contribution in [2.24, 2.45) is 0 Å². The number of Topliss-reactive ketones (excluding diaryl/α,β-unsaturated/α-hetero) is 1. The second kappa shape index (κ2) is 5.75. The van der Waals surface area contributed by atoms with Crippen LogP contribution in [0.3, 0.4) is 0 Å². The highest BCUT2D eigenvalue weighted by Gasteiger charge is 2.14. The van der Waals surface area contributed by atoms with Gasteiger partial charge in [-0.25, -0.2) is 4.98 Å². The molecule has 0 fully saturated rings. The van der Waals surface area contributed by atoms with Crippen LogP contribution in [0.2, 0.25) is 0 Å². The number of hydrogen-bond donors (Lipinski definition) is 0. The minimum absolute atomic E-state index is 0.274. The van der Waals surface area contributed by atoms with E-state index in [1.54, 1.807) is 11.3 Å². The van der Waals surface area contributed by atoms with Crippen LogP contribution in [0.1, 0.15) is 30.3 Å². The molecule has 1 aliphatic heterocycles. The average Bonchev–Trinajstić information content (AvgIpc) is 3.06. The van der Waals surface area contributed by atoms with E-state index in [-0.39, 0.29) is 5.78 Å². The first-order valence-corrected chi connectivity index (χ1v) is 7.86. The van der Waals surface area contributed by atoms with Gasteiger partial charge < -0.3 is 4.74 Å². The van der Waals surface area contributed by atoms with Crippen LogP contribution in [0.25, 0.3) is 11.3 Å². The third-order valence-corrected chi connectivity index (χ3v) is 4.26. The molecule has 104 valence electrons. The van der Waals surface area contributed by atoms with E-state index < -0.39 is 0 Å². The number of carbonyl (C=O) groups excluding carboxylic acids is 1. The summed E-state index contributed by atoms with van der Waals surface area (Å²) in [7, 11) is 0. The summed E-state index contributed by atoms with van der Waals surface area (Å²) in [6.07, 6.45) is 2.98. The molecule has 4 heteroatoms. The number of ether oxygens (including phenoxy) is 1. The SMILES string of the molecule is CCCC(=O)Cc1nc(-c2ccc3c(c2)CCO3)cs1. The van der Waals surface area contributed by atoms with Crippen molar-refractivity contribution in [3.8, 4) is 17.0 Å². The number of benzene rings is 1. The number of fused-ring (bicyclic) bond motifs is 1. The van der Waals surface area contributed by atoms with Crippen LogP contribution in [-0.4, -0.2) is 17.4 Å². The van der Waals surface area contributed by atoms with Gasteiger partial charge in [0.1, 0.15) is 16.5 Å². The first-order valence-electron chi connectivity index (χ1n) is 6.98. The van der Waals surface area contributed by atoms with Gasteiger partial charge in [0.05, 0.1) is 18.7 Å². The van der Waals surface area contributed by atoms with Crippen LogP contribution in [0.15, 0.2) is 23.6 Å². The summed E-state index contributed by atoms with van der Waals surface area (Å²) in [5, 5.41) is 2.95. The maximum atomic E-state index is 11.7. The number of hydrogen-bond acceptors (Lipinski definition) is 4. The van der Waals surface area contributed by atoms with Crippen molar-refractivity contribution in [2.75, 3.05) is 6.61 Å². The molecule has 3 nitrogen and oxygen atoms in total. The Morgan fingerprint density at radius 1 is 1.45 bits per heavy atom. The second-order valence-electron chi connectivity index (χ2n) is 5.01. The molecule has 0 bridgehead atoms. The van der Waals surface area contributed by atoms with E-state index in [2.05, 4.69) is 11.1 Å². The van der Waals surface area contributed by atoms with Gasteiger partial charge in [-0.1, -0.05) is 6.92 Å². The van der Waals surface area contributed by atoms with Crippen LogP contribution < -0.4 is 4.74 Å². The van der Waals surface area contributed by atoms with Crippen molar-refractivity contribution < 1.29 is 9.53 Å². The third kappa shape index (κ3) is 2.75. The maximum absolute atomic E-state index is 11.7. The minimum atomic E-state index is 0.274. The molecular formula is C16H17NO2S. The smallest absolute Gasteiger partial charge is 0.139 e. The Labute approximate surface area is 122 Å². The maximum Gasteiger partial charge on any atom is 0.139 e. The van der Waals surface area contributed by atoms with Gasteiger partial charge >= 0.3 is 0 Å². The number of ketones is 1. The van der Waals surface area contributed by atoms with Crippen molar-refractivity contribution in [1.29, 1.82) is 0 Å². The van der Waals surface area contributed by atoms with Gasteiger partial charge in [-0.3, -0.25) is 4.79 Å². The highest BCUT2D eigenvalue weighted by Crippen LogP contribution is 2.31. The number of carbonyl (C=O) groups is 1. The number of nitrogens with zero attached hydrogens (tertiary/aromatic N) is 1. The summed E-state index contributed by atoms with van der Waals surface area (Å²) in [6.45, 7) is 2.80. The van der Waals surface area contributed by atoms with Crippen molar-refractivity contribution in [1.82, 2.24) is 4.98 Å². The predicted molar refractivity (Wildman–Crippen MR) is 80.4 cm³/mol. The van der Waals surface area contributed by atoms with Gasteiger partial charge in [0.2, 0.25) is 0 Å². The van der Waals surface area contributed by atoms with Gasteiger partial charge in [-0.05, 0) is 30.2 Å². The summed E-state index contributed by atoms with van der Waals surface area (Å²) < 4.78 is 5.51. The molecule has 2 aromatic rings. The third-order valence-electron chi connectivity index (χ3n) is 3.41. The summed E-state index contributed by atoms with van der Waals surface area (Å²) in [4.78, 5) is 16.2. The first kappa shape index (κ1) is 13.3. The first-order chi connectivity index (χ1) is 9.76. The molecule has 0 saturated carbocycles. The van der Waals surface area contributed by atoms with Gasteiger partial charge in [-0.15, -0.1) is 11.3 Å². The molecule has 1 aromatic heterocycles. The van der Waals surface area contributed by atoms with Crippen molar-refractivity contribution >= 4 is 17.1 Å². The molecule has 1 aromatic carbocycles. The molecule has 0 atom stereocenters. The number of rotatable bonds is 5. The Morgan fingerprint density at radius 3 is 3.20 bits per heavy atom. The monoisotopic (exact) mass is 287 g/mol. The molecule has 20 heavy (non-hydrogen) atoms. The highest BCUT2D eigenvalue weighted by atomic mass is 32.1. The topological polar surface area (TPSA) is 39.2 Å². The summed E-state index contributed by atoms with van der Waals surface area (Å²) >= 11 is 1.57. The lowest BCUT2D eigenvalue weighted by Gasteiger charge is -2.01. The van der Waals surface area contributed by atoms with Crippen LogP contribution in [-0.2, 0) is 17.6 Å². The van der Waals surface area contributed by atoms with Crippen molar-refractivity contribution in [2.45, 2.75) is 32.6 Å². The van der Waals surface area contributed by atoms with E-state index in [0.29, 0.717) is 12.8 Å². The Kier molecular flexibility index (Phi) is 3.83. The Hall–Kier alpha value is -1.68. The average molecular weight is 287 g/mol. The van der Waals surface area contributed by atoms with Crippen molar-refractivity contribution in [3.05, 3.63) is 34.2 Å².